The summed E-state index contributed by atoms with van der Waals surface area (Å²) in [6.45, 7) is 1.89. The molecule has 0 aliphatic heterocycles. The molecule has 6 nitrogen and oxygen atoms in total. The first-order valence-electron chi connectivity index (χ1n) is 10.3. The van der Waals surface area contributed by atoms with E-state index in [1.807, 2.05) is 24.3 Å². The van der Waals surface area contributed by atoms with Crippen molar-refractivity contribution in [3.8, 4) is 5.75 Å². The molecule has 1 amide bonds. The van der Waals surface area contributed by atoms with Gasteiger partial charge in [0, 0.05) is 11.4 Å². The summed E-state index contributed by atoms with van der Waals surface area (Å²) in [7, 11) is -3.80. The zero-order valence-corrected chi connectivity index (χ0v) is 19.2. The first-order chi connectivity index (χ1) is 15.4. The topological polar surface area (TPSA) is 84.5 Å². The third-order valence-corrected chi connectivity index (χ3v) is 6.33. The first-order valence-corrected chi connectivity index (χ1v) is 12.1. The van der Waals surface area contributed by atoms with E-state index in [2.05, 4.69) is 17.0 Å². The van der Waals surface area contributed by atoms with E-state index in [4.69, 9.17) is 16.3 Å². The second-order valence-corrected chi connectivity index (χ2v) is 9.29. The Kier molecular flexibility index (Phi) is 8.14. The van der Waals surface area contributed by atoms with E-state index >= 15 is 0 Å². The number of sulfonamides is 1. The van der Waals surface area contributed by atoms with E-state index in [0.717, 1.165) is 19.3 Å². The lowest BCUT2D eigenvalue weighted by Crippen LogP contribution is -2.20. The lowest BCUT2D eigenvalue weighted by Gasteiger charge is -2.12. The first kappa shape index (κ1) is 23.6. The van der Waals surface area contributed by atoms with Crippen molar-refractivity contribution in [1.82, 2.24) is 0 Å². The largest absolute Gasteiger partial charge is 0.482 e. The Balaban J connectivity index is 1.57. The van der Waals surface area contributed by atoms with E-state index < -0.39 is 10.0 Å². The zero-order valence-electron chi connectivity index (χ0n) is 17.7. The van der Waals surface area contributed by atoms with Gasteiger partial charge in [0.15, 0.2) is 6.61 Å². The number of anilines is 2. The number of aryl methyl sites for hydroxylation is 1. The van der Waals surface area contributed by atoms with Gasteiger partial charge in [0.2, 0.25) is 0 Å². The van der Waals surface area contributed by atoms with E-state index in [0.29, 0.717) is 11.4 Å². The van der Waals surface area contributed by atoms with Crippen molar-refractivity contribution in [2.75, 3.05) is 16.6 Å². The molecule has 0 heterocycles. The molecule has 0 bridgehead atoms. The molecule has 0 aliphatic rings. The van der Waals surface area contributed by atoms with Gasteiger partial charge in [-0.2, -0.15) is 0 Å². The Labute approximate surface area is 193 Å². The van der Waals surface area contributed by atoms with Crippen molar-refractivity contribution < 1.29 is 17.9 Å². The number of carbonyl (C=O) groups excluding carboxylic acids is 1. The maximum atomic E-state index is 12.5. The van der Waals surface area contributed by atoms with Gasteiger partial charge in [-0.3, -0.25) is 9.52 Å². The second-order valence-electron chi connectivity index (χ2n) is 7.20. The molecule has 0 atom stereocenters. The third-order valence-electron chi connectivity index (χ3n) is 4.66. The van der Waals surface area contributed by atoms with Crippen molar-refractivity contribution in [1.29, 1.82) is 0 Å². The summed E-state index contributed by atoms with van der Waals surface area (Å²) in [6.07, 6.45) is 3.27. The molecule has 2 N–H and O–H groups in total. The highest BCUT2D eigenvalue weighted by Gasteiger charge is 2.17. The minimum Gasteiger partial charge on any atom is -0.482 e. The van der Waals surface area contributed by atoms with Gasteiger partial charge in [-0.15, -0.1) is 0 Å². The van der Waals surface area contributed by atoms with Crippen LogP contribution in [0.2, 0.25) is 5.02 Å². The summed E-state index contributed by atoms with van der Waals surface area (Å²) in [6, 6.07) is 20.3. The number of rotatable bonds is 10. The fourth-order valence-corrected chi connectivity index (χ4v) is 4.35. The number of nitrogens with one attached hydrogen (secondary N) is 2. The molecule has 3 aromatic rings. The molecule has 0 spiro atoms. The summed E-state index contributed by atoms with van der Waals surface area (Å²) in [5.74, 6) is -0.125. The number of hydrogen-bond donors (Lipinski definition) is 2. The third kappa shape index (κ3) is 6.73. The molecule has 3 aromatic carbocycles. The quantitative estimate of drug-likeness (QED) is 0.408. The Hall–Kier alpha value is -3.03. The Morgan fingerprint density at radius 1 is 0.969 bits per heavy atom. The molecule has 8 heteroatoms. The molecule has 0 radical (unpaired) electrons. The van der Waals surface area contributed by atoms with Crippen LogP contribution >= 0.6 is 11.6 Å². The van der Waals surface area contributed by atoms with Gasteiger partial charge in [0.1, 0.15) is 5.75 Å². The van der Waals surface area contributed by atoms with Crippen LogP contribution in [0.15, 0.2) is 77.7 Å². The van der Waals surface area contributed by atoms with Crippen LogP contribution in [0, 0.1) is 0 Å². The summed E-state index contributed by atoms with van der Waals surface area (Å²) in [4.78, 5) is 12.2. The van der Waals surface area contributed by atoms with Crippen molar-refractivity contribution >= 4 is 38.9 Å². The summed E-state index contributed by atoms with van der Waals surface area (Å²) >= 11 is 6.19. The van der Waals surface area contributed by atoms with E-state index in [-0.39, 0.29) is 28.2 Å². The van der Waals surface area contributed by atoms with Crippen LogP contribution < -0.4 is 14.8 Å². The van der Waals surface area contributed by atoms with Gasteiger partial charge in [0.25, 0.3) is 15.9 Å². The van der Waals surface area contributed by atoms with Crippen LogP contribution in [0.5, 0.6) is 5.75 Å². The van der Waals surface area contributed by atoms with E-state index in [1.165, 1.54) is 23.8 Å². The van der Waals surface area contributed by atoms with Crippen LogP contribution in [0.4, 0.5) is 11.4 Å². The van der Waals surface area contributed by atoms with Crippen LogP contribution in [0.3, 0.4) is 0 Å². The Morgan fingerprint density at radius 3 is 2.34 bits per heavy atom. The predicted octanol–water partition coefficient (Wildman–Crippen LogP) is 5.50. The highest BCUT2D eigenvalue weighted by molar-refractivity contribution is 7.92. The average molecular weight is 473 g/mol. The van der Waals surface area contributed by atoms with Gasteiger partial charge in [-0.1, -0.05) is 55.3 Å². The summed E-state index contributed by atoms with van der Waals surface area (Å²) in [5.41, 5.74) is 2.35. The number of para-hydroxylation sites is 1. The SMILES string of the molecule is CCCCc1ccc(NC(=O)COc2ccc(S(=O)(=O)Nc3ccccc3)cc2Cl)cc1. The fourth-order valence-electron chi connectivity index (χ4n) is 2.96. The van der Waals surface area contributed by atoms with Gasteiger partial charge in [-0.05, 0) is 60.9 Å². The van der Waals surface area contributed by atoms with E-state index in [9.17, 15) is 13.2 Å². The summed E-state index contributed by atoms with van der Waals surface area (Å²) < 4.78 is 33.0. The molecule has 168 valence electrons. The number of carbonyl (C=O) groups is 1. The highest BCUT2D eigenvalue weighted by Crippen LogP contribution is 2.28. The molecule has 0 unspecified atom stereocenters. The average Bonchev–Trinajstić information content (AvgIpc) is 2.78. The fraction of sp³-hybridized carbons (Fsp3) is 0.208. The standard InChI is InChI=1S/C24H25ClN2O4S/c1-2-3-7-18-10-12-19(13-11-18)26-24(28)17-31-23-15-14-21(16-22(23)25)32(29,30)27-20-8-5-4-6-9-20/h4-6,8-16,27H,2-3,7,17H2,1H3,(H,26,28). The van der Waals surface area contributed by atoms with Crippen LogP contribution in [0.25, 0.3) is 0 Å². The number of amides is 1. The molecular weight excluding hydrogens is 448 g/mol. The normalized spacial score (nSPS) is 11.1. The number of halogens is 1. The van der Waals surface area contributed by atoms with Crippen molar-refractivity contribution in [2.24, 2.45) is 0 Å². The van der Waals surface area contributed by atoms with E-state index in [1.54, 1.807) is 30.3 Å². The van der Waals surface area contributed by atoms with Gasteiger partial charge >= 0.3 is 0 Å². The maximum Gasteiger partial charge on any atom is 0.262 e. The van der Waals surface area contributed by atoms with Gasteiger partial charge in [-0.25, -0.2) is 8.42 Å². The lowest BCUT2D eigenvalue weighted by atomic mass is 10.1. The number of ether oxygens (including phenoxy) is 1. The summed E-state index contributed by atoms with van der Waals surface area (Å²) in [5, 5.41) is 2.86. The minimum absolute atomic E-state index is 0.00804. The smallest absolute Gasteiger partial charge is 0.262 e. The monoisotopic (exact) mass is 472 g/mol. The molecule has 0 aromatic heterocycles. The van der Waals surface area contributed by atoms with Gasteiger partial charge in [0.05, 0.1) is 9.92 Å². The van der Waals surface area contributed by atoms with Gasteiger partial charge < -0.3 is 10.1 Å². The van der Waals surface area contributed by atoms with Crippen LogP contribution in [-0.2, 0) is 21.2 Å². The molecule has 0 aliphatic carbocycles. The minimum atomic E-state index is -3.80. The number of benzene rings is 3. The molecule has 32 heavy (non-hydrogen) atoms. The van der Waals surface area contributed by atoms with Crippen LogP contribution in [0.1, 0.15) is 25.3 Å². The second kappa shape index (κ2) is 11.0. The predicted molar refractivity (Wildman–Crippen MR) is 128 cm³/mol. The molecule has 0 saturated heterocycles. The zero-order chi connectivity index (χ0) is 23.0. The molecule has 3 rings (SSSR count). The highest BCUT2D eigenvalue weighted by atomic mass is 35.5. The van der Waals surface area contributed by atoms with Crippen molar-refractivity contribution in [3.05, 3.63) is 83.4 Å². The lowest BCUT2D eigenvalue weighted by molar-refractivity contribution is -0.118. The van der Waals surface area contributed by atoms with Crippen LogP contribution in [-0.4, -0.2) is 20.9 Å². The molecule has 0 saturated carbocycles. The number of unbranched alkanes of at least 4 members (excludes halogenated alkanes) is 1. The van der Waals surface area contributed by atoms with Crippen molar-refractivity contribution in [2.45, 2.75) is 31.1 Å². The molecular formula is C24H25ClN2O4S. The molecule has 0 fully saturated rings. The van der Waals surface area contributed by atoms with Crippen molar-refractivity contribution in [3.63, 3.8) is 0 Å². The number of hydrogen-bond acceptors (Lipinski definition) is 4. The Bertz CT molecular complexity index is 1150. The maximum absolute atomic E-state index is 12.5. The Morgan fingerprint density at radius 2 is 1.69 bits per heavy atom.